The third-order valence-corrected chi connectivity index (χ3v) is 6.83. The highest BCUT2D eigenvalue weighted by Crippen LogP contribution is 2.38. The highest BCUT2D eigenvalue weighted by Gasteiger charge is 2.24. The van der Waals surface area contributed by atoms with Gasteiger partial charge in [0.05, 0.1) is 0 Å². The van der Waals surface area contributed by atoms with Crippen molar-refractivity contribution >= 4 is 74.4 Å². The van der Waals surface area contributed by atoms with Crippen molar-refractivity contribution in [2.75, 3.05) is 0 Å². The Hall–Kier alpha value is -2.22. The highest BCUT2D eigenvalue weighted by molar-refractivity contribution is 14.1. The number of aliphatic imine (C=N–C) groups is 1. The van der Waals surface area contributed by atoms with Crippen molar-refractivity contribution in [3.05, 3.63) is 62.5 Å². The lowest BCUT2D eigenvalue weighted by Gasteiger charge is -2.27. The zero-order valence-corrected chi connectivity index (χ0v) is 23.0. The first-order valence-electron chi connectivity index (χ1n) is 11.1. The molecule has 0 atom stereocenters. The Labute approximate surface area is 225 Å². The van der Waals surface area contributed by atoms with Crippen LogP contribution in [0, 0.1) is 9.39 Å². The van der Waals surface area contributed by atoms with E-state index in [1.54, 1.807) is 30.5 Å². The molecular weight excluding hydrogens is 549 g/mol. The van der Waals surface area contributed by atoms with Gasteiger partial charge in [-0.1, -0.05) is 59.7 Å². The molecule has 0 aliphatic rings. The topological polar surface area (TPSA) is 41.8 Å². The highest BCUT2D eigenvalue weighted by atomic mass is 127. The molecule has 0 aliphatic heterocycles. The number of halogens is 2. The molecule has 0 amide bonds. The van der Waals surface area contributed by atoms with Crippen LogP contribution in [0.3, 0.4) is 0 Å². The van der Waals surface area contributed by atoms with Gasteiger partial charge < -0.3 is 9.84 Å². The molecule has 0 spiro atoms. The number of benzene rings is 3. The summed E-state index contributed by atoms with van der Waals surface area (Å²) in [7, 11) is 17.8. The molecule has 1 N–H and O–H groups in total. The zero-order valence-electron chi connectivity index (χ0n) is 20.8. The molecule has 0 fully saturated rings. The van der Waals surface area contributed by atoms with Crippen LogP contribution >= 0.6 is 22.6 Å². The number of rotatable bonds is 4. The van der Waals surface area contributed by atoms with E-state index in [-0.39, 0.29) is 38.7 Å². The second-order valence-electron chi connectivity index (χ2n) is 10.5. The first kappa shape index (κ1) is 27.4. The number of hydrogen-bond acceptors (Lipinski definition) is 3. The van der Waals surface area contributed by atoms with E-state index >= 15 is 0 Å². The van der Waals surface area contributed by atoms with Crippen LogP contribution in [0.25, 0.3) is 0 Å². The lowest BCUT2D eigenvalue weighted by atomic mass is 9.79. The van der Waals surface area contributed by atoms with Crippen molar-refractivity contribution < 1.29 is 14.2 Å². The van der Waals surface area contributed by atoms with E-state index in [0.717, 1.165) is 11.1 Å². The summed E-state index contributed by atoms with van der Waals surface area (Å²) in [6, 6.07) is 11.0. The Bertz CT molecular complexity index is 1280. The van der Waals surface area contributed by atoms with Gasteiger partial charge >= 0.3 is 0 Å². The summed E-state index contributed by atoms with van der Waals surface area (Å²) in [4.78, 5) is 4.59. The molecule has 35 heavy (non-hydrogen) atoms. The van der Waals surface area contributed by atoms with Crippen molar-refractivity contribution in [2.45, 2.75) is 52.4 Å². The second-order valence-corrected chi connectivity index (χ2v) is 11.6. The molecule has 0 bridgehead atoms. The third-order valence-electron chi connectivity index (χ3n) is 5.67. The third kappa shape index (κ3) is 5.79. The lowest BCUT2D eigenvalue weighted by Crippen LogP contribution is -2.34. The number of hydrogen-bond donors (Lipinski definition) is 1. The van der Waals surface area contributed by atoms with Gasteiger partial charge in [-0.2, -0.15) is 0 Å². The average Bonchev–Trinajstić information content (AvgIpc) is 2.77. The summed E-state index contributed by atoms with van der Waals surface area (Å²) >= 11 is 1.85. The van der Waals surface area contributed by atoms with Crippen molar-refractivity contribution in [3.8, 4) is 17.2 Å². The SMILES string of the molecule is [B]c1c(F)c([B])c(Oc2ccccc2N=Cc2cc(C(C)(C)C)cc(C(C)(C)C)c2O)c([B])c1I. The van der Waals surface area contributed by atoms with Crippen molar-refractivity contribution in [1.29, 1.82) is 0 Å². The minimum absolute atomic E-state index is 0.0173. The summed E-state index contributed by atoms with van der Waals surface area (Å²) in [6.07, 6.45) is 1.60. The number of para-hydroxylation sites is 2. The van der Waals surface area contributed by atoms with Crippen molar-refractivity contribution in [2.24, 2.45) is 4.99 Å². The number of nitrogens with zero attached hydrogens (tertiary/aromatic N) is 1. The van der Waals surface area contributed by atoms with Gasteiger partial charge in [-0.25, -0.2) is 4.39 Å². The average molecular weight is 575 g/mol. The molecule has 8 heteroatoms. The summed E-state index contributed by atoms with van der Waals surface area (Å²) < 4.78 is 20.7. The zero-order chi connectivity index (χ0) is 26.3. The largest absolute Gasteiger partial charge is 0.507 e. The van der Waals surface area contributed by atoms with Gasteiger partial charge in [-0.15, -0.1) is 0 Å². The minimum atomic E-state index is -0.779. The molecule has 0 heterocycles. The fourth-order valence-corrected chi connectivity index (χ4v) is 3.98. The molecule has 3 aromatic rings. The molecule has 3 aromatic carbocycles. The standard InChI is InChI=1S/C27H26B3FINO2/c1-26(2,3)15-11-14(24(34)16(12-15)27(4,5)6)13-33-17-9-7-8-10-18(17)35-25-20(29)22(31)19(28)23(32)21(25)30/h7-13,34H,1-6H3. The first-order chi connectivity index (χ1) is 16.1. The Balaban J connectivity index is 2.09. The van der Waals surface area contributed by atoms with Crippen LogP contribution < -0.4 is 21.1 Å². The van der Waals surface area contributed by atoms with Gasteiger partial charge in [0.25, 0.3) is 0 Å². The molecule has 0 unspecified atom stereocenters. The smallest absolute Gasteiger partial charge is 0.152 e. The lowest BCUT2D eigenvalue weighted by molar-refractivity contribution is 0.444. The number of phenols is 1. The van der Waals surface area contributed by atoms with E-state index in [4.69, 9.17) is 28.3 Å². The monoisotopic (exact) mass is 575 g/mol. The van der Waals surface area contributed by atoms with Gasteiger partial charge in [0.15, 0.2) is 5.75 Å². The Morgan fingerprint density at radius 1 is 0.943 bits per heavy atom. The first-order valence-corrected chi connectivity index (χ1v) is 12.2. The van der Waals surface area contributed by atoms with E-state index in [0.29, 0.717) is 20.6 Å². The molecule has 0 saturated heterocycles. The van der Waals surface area contributed by atoms with Gasteiger partial charge in [0.1, 0.15) is 46.5 Å². The van der Waals surface area contributed by atoms with Gasteiger partial charge in [0.2, 0.25) is 0 Å². The van der Waals surface area contributed by atoms with Crippen LogP contribution in [0.5, 0.6) is 17.2 Å². The van der Waals surface area contributed by atoms with Crippen LogP contribution in [0.4, 0.5) is 10.1 Å². The number of phenolic OH excluding ortho intramolecular Hbond substituents is 1. The van der Waals surface area contributed by atoms with Crippen molar-refractivity contribution in [1.82, 2.24) is 0 Å². The van der Waals surface area contributed by atoms with E-state index < -0.39 is 5.82 Å². The van der Waals surface area contributed by atoms with Crippen LogP contribution in [0.15, 0.2) is 41.4 Å². The normalized spacial score (nSPS) is 12.3. The fraction of sp³-hybridized carbons (Fsp3) is 0.296. The van der Waals surface area contributed by atoms with Gasteiger partial charge in [-0.3, -0.25) is 4.99 Å². The maximum Gasteiger partial charge on any atom is 0.152 e. The molecule has 3 rings (SSSR count). The fourth-order valence-electron chi connectivity index (χ4n) is 3.50. The molecule has 6 radical (unpaired) electrons. The van der Waals surface area contributed by atoms with E-state index in [1.807, 2.05) is 34.7 Å². The van der Waals surface area contributed by atoms with Crippen LogP contribution in [0.1, 0.15) is 58.2 Å². The summed E-state index contributed by atoms with van der Waals surface area (Å²) in [5, 5.41) is 11.0. The van der Waals surface area contributed by atoms with E-state index in [2.05, 4.69) is 46.5 Å². The Morgan fingerprint density at radius 3 is 2.17 bits per heavy atom. The predicted molar refractivity (Wildman–Crippen MR) is 155 cm³/mol. The maximum atomic E-state index is 14.5. The molecule has 0 aromatic heterocycles. The van der Waals surface area contributed by atoms with Gasteiger partial charge in [-0.05, 0) is 73.6 Å². The van der Waals surface area contributed by atoms with Crippen LogP contribution in [0.2, 0.25) is 0 Å². The number of ether oxygens (including phenoxy) is 1. The van der Waals surface area contributed by atoms with E-state index in [1.165, 1.54) is 0 Å². The van der Waals surface area contributed by atoms with Crippen molar-refractivity contribution in [3.63, 3.8) is 0 Å². The molecule has 0 saturated carbocycles. The second kappa shape index (κ2) is 10.0. The molecule has 174 valence electrons. The van der Waals surface area contributed by atoms with Crippen LogP contribution in [-0.4, -0.2) is 34.9 Å². The summed E-state index contributed by atoms with van der Waals surface area (Å²) in [5.74, 6) is -0.296. The minimum Gasteiger partial charge on any atom is -0.507 e. The predicted octanol–water partition coefficient (Wildman–Crippen LogP) is 4.66. The quantitative estimate of drug-likeness (QED) is 0.280. The maximum absolute atomic E-state index is 14.5. The van der Waals surface area contributed by atoms with E-state index in [9.17, 15) is 9.50 Å². The molecule has 3 nitrogen and oxygen atoms in total. The molecule has 0 aliphatic carbocycles. The number of aromatic hydroxyl groups is 1. The Morgan fingerprint density at radius 2 is 1.57 bits per heavy atom. The molecular formula is C27H26B3FINO2. The summed E-state index contributed by atoms with van der Waals surface area (Å²) in [6.45, 7) is 12.5. The van der Waals surface area contributed by atoms with Gasteiger partial charge in [0, 0.05) is 20.9 Å². The van der Waals surface area contributed by atoms with Crippen LogP contribution in [-0.2, 0) is 10.8 Å². The summed E-state index contributed by atoms with van der Waals surface area (Å²) in [5.41, 5.74) is 2.32. The Kier molecular flexibility index (Phi) is 7.85.